The van der Waals surface area contributed by atoms with Gasteiger partial charge in [0.1, 0.15) is 0 Å². The number of rotatable bonds is 4. The zero-order valence-corrected chi connectivity index (χ0v) is 12.5. The van der Waals surface area contributed by atoms with Crippen LogP contribution in [0.3, 0.4) is 0 Å². The van der Waals surface area contributed by atoms with Crippen molar-refractivity contribution < 1.29 is 4.79 Å². The van der Waals surface area contributed by atoms with Crippen molar-refractivity contribution >= 4 is 33.2 Å². The Balaban J connectivity index is 1.86. The fourth-order valence-corrected chi connectivity index (χ4v) is 2.87. The van der Waals surface area contributed by atoms with Crippen molar-refractivity contribution in [3.8, 4) is 0 Å². The zero-order valence-electron chi connectivity index (χ0n) is 10.1. The van der Waals surface area contributed by atoms with Crippen LogP contribution in [-0.4, -0.2) is 12.5 Å². The topological polar surface area (TPSA) is 29.1 Å². The summed E-state index contributed by atoms with van der Waals surface area (Å²) in [6.07, 6.45) is 0.865. The summed E-state index contributed by atoms with van der Waals surface area (Å²) in [6.45, 7) is 2.75. The molecule has 0 aliphatic rings. The monoisotopic (exact) mass is 323 g/mol. The van der Waals surface area contributed by atoms with Crippen molar-refractivity contribution in [1.29, 1.82) is 0 Å². The normalized spacial score (nSPS) is 10.3. The second kappa shape index (κ2) is 6.16. The third kappa shape index (κ3) is 3.43. The summed E-state index contributed by atoms with van der Waals surface area (Å²) in [6, 6.07) is 10.1. The SMILES string of the molecule is Cc1ccccc1CCNC(=O)c1csc(Br)c1. The first-order chi connectivity index (χ1) is 8.66. The molecule has 4 heteroatoms. The van der Waals surface area contributed by atoms with Crippen LogP contribution < -0.4 is 5.32 Å². The molecule has 18 heavy (non-hydrogen) atoms. The van der Waals surface area contributed by atoms with Gasteiger partial charge in [0.05, 0.1) is 9.35 Å². The predicted molar refractivity (Wildman–Crippen MR) is 79.2 cm³/mol. The van der Waals surface area contributed by atoms with E-state index in [2.05, 4.69) is 40.3 Å². The van der Waals surface area contributed by atoms with Crippen LogP contribution in [0.5, 0.6) is 0 Å². The molecule has 0 spiro atoms. The van der Waals surface area contributed by atoms with Gasteiger partial charge in [-0.05, 0) is 46.5 Å². The van der Waals surface area contributed by atoms with E-state index in [0.29, 0.717) is 6.54 Å². The highest BCUT2D eigenvalue weighted by Gasteiger charge is 2.07. The number of carbonyl (C=O) groups is 1. The van der Waals surface area contributed by atoms with Gasteiger partial charge in [0.2, 0.25) is 0 Å². The van der Waals surface area contributed by atoms with Crippen LogP contribution in [0.4, 0.5) is 0 Å². The molecule has 1 aromatic carbocycles. The lowest BCUT2D eigenvalue weighted by molar-refractivity contribution is 0.0954. The van der Waals surface area contributed by atoms with Gasteiger partial charge in [-0.3, -0.25) is 4.79 Å². The Hall–Kier alpha value is -1.13. The van der Waals surface area contributed by atoms with E-state index in [0.717, 1.165) is 15.8 Å². The van der Waals surface area contributed by atoms with E-state index < -0.39 is 0 Å². The highest BCUT2D eigenvalue weighted by Crippen LogP contribution is 2.20. The quantitative estimate of drug-likeness (QED) is 0.911. The molecule has 0 aliphatic carbocycles. The number of nitrogens with one attached hydrogen (secondary N) is 1. The number of amides is 1. The molecule has 2 rings (SSSR count). The molecule has 1 amide bonds. The molecule has 0 fully saturated rings. The number of halogens is 1. The highest BCUT2D eigenvalue weighted by molar-refractivity contribution is 9.11. The summed E-state index contributed by atoms with van der Waals surface area (Å²) >= 11 is 4.87. The van der Waals surface area contributed by atoms with Gasteiger partial charge in [0.15, 0.2) is 0 Å². The molecular weight excluding hydrogens is 310 g/mol. The number of benzene rings is 1. The first-order valence-electron chi connectivity index (χ1n) is 5.73. The van der Waals surface area contributed by atoms with Crippen molar-refractivity contribution in [3.05, 3.63) is 56.2 Å². The highest BCUT2D eigenvalue weighted by atomic mass is 79.9. The average Bonchev–Trinajstić information content (AvgIpc) is 2.78. The summed E-state index contributed by atoms with van der Waals surface area (Å²) in [5, 5.41) is 4.79. The van der Waals surface area contributed by atoms with Crippen LogP contribution in [0.2, 0.25) is 0 Å². The van der Waals surface area contributed by atoms with Gasteiger partial charge in [-0.25, -0.2) is 0 Å². The maximum atomic E-state index is 11.8. The Morgan fingerprint density at radius 3 is 2.83 bits per heavy atom. The molecule has 1 aromatic heterocycles. The maximum Gasteiger partial charge on any atom is 0.252 e. The Labute approximate surface area is 119 Å². The van der Waals surface area contributed by atoms with E-state index in [-0.39, 0.29) is 5.91 Å². The van der Waals surface area contributed by atoms with Crippen molar-refractivity contribution in [2.75, 3.05) is 6.54 Å². The van der Waals surface area contributed by atoms with E-state index in [9.17, 15) is 4.79 Å². The van der Waals surface area contributed by atoms with Crippen molar-refractivity contribution in [2.24, 2.45) is 0 Å². The zero-order chi connectivity index (χ0) is 13.0. The molecule has 0 bridgehead atoms. The average molecular weight is 324 g/mol. The lowest BCUT2D eigenvalue weighted by Crippen LogP contribution is -2.25. The number of thiophene rings is 1. The Morgan fingerprint density at radius 1 is 1.39 bits per heavy atom. The summed E-state index contributed by atoms with van der Waals surface area (Å²) in [4.78, 5) is 11.8. The van der Waals surface area contributed by atoms with Crippen molar-refractivity contribution in [3.63, 3.8) is 0 Å². The van der Waals surface area contributed by atoms with E-state index in [4.69, 9.17) is 0 Å². The minimum Gasteiger partial charge on any atom is -0.352 e. The number of hydrogen-bond acceptors (Lipinski definition) is 2. The first kappa shape index (κ1) is 13.3. The maximum absolute atomic E-state index is 11.8. The molecule has 2 aromatic rings. The number of hydrogen-bond donors (Lipinski definition) is 1. The van der Waals surface area contributed by atoms with Crippen LogP contribution >= 0.6 is 27.3 Å². The van der Waals surface area contributed by atoms with Crippen LogP contribution in [0.15, 0.2) is 39.5 Å². The van der Waals surface area contributed by atoms with Crippen LogP contribution in [0.1, 0.15) is 21.5 Å². The third-order valence-electron chi connectivity index (χ3n) is 2.77. The smallest absolute Gasteiger partial charge is 0.252 e. The molecule has 1 heterocycles. The summed E-state index contributed by atoms with van der Waals surface area (Å²) in [5.41, 5.74) is 3.27. The third-order valence-corrected chi connectivity index (χ3v) is 4.28. The minimum atomic E-state index is -0.00876. The van der Waals surface area contributed by atoms with E-state index in [1.807, 2.05) is 23.6 Å². The Morgan fingerprint density at radius 2 is 2.17 bits per heavy atom. The lowest BCUT2D eigenvalue weighted by Gasteiger charge is -2.06. The largest absolute Gasteiger partial charge is 0.352 e. The van der Waals surface area contributed by atoms with Gasteiger partial charge in [-0.2, -0.15) is 0 Å². The fraction of sp³-hybridized carbons (Fsp3) is 0.214. The van der Waals surface area contributed by atoms with Crippen molar-refractivity contribution in [1.82, 2.24) is 5.32 Å². The van der Waals surface area contributed by atoms with Crippen LogP contribution in [0.25, 0.3) is 0 Å². The molecule has 1 N–H and O–H groups in total. The fourth-order valence-electron chi connectivity index (χ4n) is 1.73. The van der Waals surface area contributed by atoms with Gasteiger partial charge in [-0.1, -0.05) is 24.3 Å². The van der Waals surface area contributed by atoms with E-state index in [1.165, 1.54) is 22.5 Å². The van der Waals surface area contributed by atoms with Gasteiger partial charge in [0.25, 0.3) is 5.91 Å². The standard InChI is InChI=1S/C14H14BrNOS/c1-10-4-2-3-5-11(10)6-7-16-14(17)12-8-13(15)18-9-12/h2-5,8-9H,6-7H2,1H3,(H,16,17). The second-order valence-corrected chi connectivity index (χ2v) is 6.36. The van der Waals surface area contributed by atoms with Crippen LogP contribution in [0, 0.1) is 6.92 Å². The van der Waals surface area contributed by atoms with Gasteiger partial charge < -0.3 is 5.32 Å². The van der Waals surface area contributed by atoms with Gasteiger partial charge in [0, 0.05) is 11.9 Å². The Kier molecular flexibility index (Phi) is 4.55. The van der Waals surface area contributed by atoms with E-state index >= 15 is 0 Å². The summed E-state index contributed by atoms with van der Waals surface area (Å²) in [5.74, 6) is -0.00876. The molecule has 94 valence electrons. The van der Waals surface area contributed by atoms with Gasteiger partial charge >= 0.3 is 0 Å². The molecule has 0 unspecified atom stereocenters. The molecule has 0 aliphatic heterocycles. The number of carbonyl (C=O) groups excluding carboxylic acids is 1. The van der Waals surface area contributed by atoms with Crippen LogP contribution in [-0.2, 0) is 6.42 Å². The Bertz CT molecular complexity index is 550. The van der Waals surface area contributed by atoms with Gasteiger partial charge in [-0.15, -0.1) is 11.3 Å². The molecule has 0 saturated carbocycles. The minimum absolute atomic E-state index is 0.00876. The molecule has 2 nitrogen and oxygen atoms in total. The molecule has 0 radical (unpaired) electrons. The molecular formula is C14H14BrNOS. The predicted octanol–water partition coefficient (Wildman–Crippen LogP) is 3.79. The summed E-state index contributed by atoms with van der Waals surface area (Å²) < 4.78 is 0.978. The number of aryl methyl sites for hydroxylation is 1. The van der Waals surface area contributed by atoms with E-state index in [1.54, 1.807) is 0 Å². The molecule has 0 saturated heterocycles. The lowest BCUT2D eigenvalue weighted by atomic mass is 10.1. The summed E-state index contributed by atoms with van der Waals surface area (Å²) in [7, 11) is 0. The molecule has 0 atom stereocenters. The second-order valence-electron chi connectivity index (χ2n) is 4.07. The van der Waals surface area contributed by atoms with Crippen molar-refractivity contribution in [2.45, 2.75) is 13.3 Å². The first-order valence-corrected chi connectivity index (χ1v) is 7.41.